The number of carbonyl (C=O) groups is 1. The van der Waals surface area contributed by atoms with Crippen molar-refractivity contribution < 1.29 is 14.5 Å². The highest BCUT2D eigenvalue weighted by Crippen LogP contribution is 2.25. The minimum atomic E-state index is -0.414. The molecule has 1 N–H and O–H groups in total. The van der Waals surface area contributed by atoms with Gasteiger partial charge in [0.1, 0.15) is 5.75 Å². The van der Waals surface area contributed by atoms with E-state index in [1.165, 1.54) is 17.7 Å². The van der Waals surface area contributed by atoms with E-state index in [1.807, 2.05) is 27.7 Å². The molecule has 1 amide bonds. The molecule has 1 aliphatic rings. The van der Waals surface area contributed by atoms with Crippen molar-refractivity contribution >= 4 is 34.7 Å². The molecule has 0 unspecified atom stereocenters. The number of nitro benzene ring substituents is 1. The van der Waals surface area contributed by atoms with Gasteiger partial charge in [0.2, 0.25) is 5.95 Å². The highest BCUT2D eigenvalue weighted by atomic mass is 16.6. The van der Waals surface area contributed by atoms with Gasteiger partial charge in [-0.05, 0) is 30.2 Å². The smallest absolute Gasteiger partial charge is 0.410 e. The number of para-hydroxylation sites is 1. The van der Waals surface area contributed by atoms with Gasteiger partial charge in [-0.15, -0.1) is 0 Å². The molecular weight excluding hydrogens is 548 g/mol. The third-order valence-corrected chi connectivity index (χ3v) is 7.30. The number of fused-ring (bicyclic) bond motifs is 1. The summed E-state index contributed by atoms with van der Waals surface area (Å²) in [4.78, 5) is 41.5. The maximum atomic E-state index is 12.7. The molecule has 0 radical (unpaired) electrons. The second-order valence-corrected chi connectivity index (χ2v) is 10.3. The van der Waals surface area contributed by atoms with Crippen LogP contribution in [0.3, 0.4) is 0 Å². The fraction of sp³-hybridized carbons (Fsp3) is 0.226. The van der Waals surface area contributed by atoms with Crippen molar-refractivity contribution in [1.82, 2.24) is 24.4 Å². The summed E-state index contributed by atoms with van der Waals surface area (Å²) in [6, 6.07) is 23.8. The molecule has 0 atom stereocenters. The van der Waals surface area contributed by atoms with Crippen LogP contribution in [0.25, 0.3) is 11.2 Å². The normalized spacial score (nSPS) is 13.2. The van der Waals surface area contributed by atoms with Gasteiger partial charge < -0.3 is 24.4 Å². The van der Waals surface area contributed by atoms with E-state index in [-0.39, 0.29) is 11.8 Å². The maximum absolute atomic E-state index is 12.7. The number of anilines is 2. The summed E-state index contributed by atoms with van der Waals surface area (Å²) in [5.41, 5.74) is 4.48. The maximum Gasteiger partial charge on any atom is 0.415 e. The van der Waals surface area contributed by atoms with Gasteiger partial charge >= 0.3 is 6.09 Å². The van der Waals surface area contributed by atoms with Crippen LogP contribution >= 0.6 is 0 Å². The second kappa shape index (κ2) is 12.1. The van der Waals surface area contributed by atoms with Crippen LogP contribution in [0.2, 0.25) is 0 Å². The summed E-state index contributed by atoms with van der Waals surface area (Å²) in [5, 5.41) is 14.5. The predicted molar refractivity (Wildman–Crippen MR) is 162 cm³/mol. The monoisotopic (exact) mass is 578 g/mol. The van der Waals surface area contributed by atoms with Crippen LogP contribution in [-0.2, 0) is 13.1 Å². The Morgan fingerprint density at radius 2 is 1.63 bits per heavy atom. The highest BCUT2D eigenvalue weighted by Gasteiger charge is 2.25. The summed E-state index contributed by atoms with van der Waals surface area (Å²) < 4.78 is 7.42. The van der Waals surface area contributed by atoms with Gasteiger partial charge in [-0.25, -0.2) is 9.78 Å². The van der Waals surface area contributed by atoms with Gasteiger partial charge in [-0.3, -0.25) is 10.1 Å². The van der Waals surface area contributed by atoms with Crippen LogP contribution in [0.15, 0.2) is 85.2 Å². The number of imidazole rings is 1. The van der Waals surface area contributed by atoms with E-state index in [0.29, 0.717) is 67.9 Å². The molecule has 3 aromatic carbocycles. The van der Waals surface area contributed by atoms with Crippen molar-refractivity contribution in [3.63, 3.8) is 0 Å². The van der Waals surface area contributed by atoms with Crippen molar-refractivity contribution in [2.45, 2.75) is 20.0 Å². The lowest BCUT2D eigenvalue weighted by molar-refractivity contribution is -0.384. The van der Waals surface area contributed by atoms with Crippen molar-refractivity contribution in [2.24, 2.45) is 0 Å². The van der Waals surface area contributed by atoms with Gasteiger partial charge in [0.05, 0.1) is 17.8 Å². The summed E-state index contributed by atoms with van der Waals surface area (Å²) in [6.45, 7) is 5.02. The highest BCUT2D eigenvalue weighted by molar-refractivity contribution is 5.84. The van der Waals surface area contributed by atoms with Crippen molar-refractivity contribution in [2.75, 3.05) is 36.4 Å². The molecule has 2 aromatic heterocycles. The molecule has 5 aromatic rings. The first-order valence-electron chi connectivity index (χ1n) is 14.0. The third kappa shape index (κ3) is 6.38. The second-order valence-electron chi connectivity index (χ2n) is 10.3. The zero-order valence-corrected chi connectivity index (χ0v) is 23.6. The SMILES string of the molecule is Cc1ccc(CNc2nc(N3CCN(C(=O)Oc4ccccc4)CC3)nc3c2ncn3Cc2ccc([N+](=O)[O-])cc2)cc1. The number of piperazine rings is 1. The van der Waals surface area contributed by atoms with Crippen LogP contribution < -0.4 is 15.0 Å². The molecule has 0 saturated carbocycles. The molecule has 0 spiro atoms. The first-order valence-corrected chi connectivity index (χ1v) is 14.0. The molecule has 6 rings (SSSR count). The van der Waals surface area contributed by atoms with E-state index in [2.05, 4.69) is 41.5 Å². The Morgan fingerprint density at radius 1 is 0.930 bits per heavy atom. The van der Waals surface area contributed by atoms with Crippen LogP contribution in [0.4, 0.5) is 22.2 Å². The van der Waals surface area contributed by atoms with Crippen molar-refractivity contribution in [1.29, 1.82) is 0 Å². The zero-order valence-electron chi connectivity index (χ0n) is 23.6. The number of hydrogen-bond donors (Lipinski definition) is 1. The van der Waals surface area contributed by atoms with Crippen LogP contribution in [-0.4, -0.2) is 61.6 Å². The van der Waals surface area contributed by atoms with Crippen LogP contribution in [0.5, 0.6) is 5.75 Å². The molecule has 43 heavy (non-hydrogen) atoms. The summed E-state index contributed by atoms with van der Waals surface area (Å²) in [5.74, 6) is 1.64. The number of aryl methyl sites for hydroxylation is 1. The minimum Gasteiger partial charge on any atom is -0.410 e. The summed E-state index contributed by atoms with van der Waals surface area (Å²) in [7, 11) is 0. The quantitative estimate of drug-likeness (QED) is 0.199. The van der Waals surface area contributed by atoms with E-state index < -0.39 is 4.92 Å². The number of nitro groups is 1. The number of aromatic nitrogens is 4. The van der Waals surface area contributed by atoms with Gasteiger partial charge in [-0.2, -0.15) is 9.97 Å². The summed E-state index contributed by atoms with van der Waals surface area (Å²) in [6.07, 6.45) is 1.32. The Kier molecular flexibility index (Phi) is 7.81. The Hall–Kier alpha value is -5.52. The first kappa shape index (κ1) is 27.6. The van der Waals surface area contributed by atoms with Crippen LogP contribution in [0, 0.1) is 17.0 Å². The van der Waals surface area contributed by atoms with Gasteiger partial charge in [-0.1, -0.05) is 60.2 Å². The lowest BCUT2D eigenvalue weighted by Crippen LogP contribution is -2.50. The Balaban J connectivity index is 1.24. The number of nitrogens with zero attached hydrogens (tertiary/aromatic N) is 7. The molecule has 12 heteroatoms. The van der Waals surface area contributed by atoms with Gasteiger partial charge in [0.15, 0.2) is 17.0 Å². The standard InChI is InChI=1S/C31H30N8O4/c1-22-7-9-23(10-8-22)19-32-28-27-29(38(21-33-27)20-24-11-13-25(14-12-24)39(41)42)35-30(34-28)36-15-17-37(18-16-36)31(40)43-26-5-3-2-4-6-26/h2-14,21H,15-20H2,1H3,(H,32,34,35). The molecule has 0 bridgehead atoms. The third-order valence-electron chi connectivity index (χ3n) is 7.30. The number of rotatable bonds is 8. The zero-order chi connectivity index (χ0) is 29.8. The van der Waals surface area contributed by atoms with Crippen molar-refractivity contribution in [3.8, 4) is 5.75 Å². The van der Waals surface area contributed by atoms with E-state index in [9.17, 15) is 14.9 Å². The van der Waals surface area contributed by atoms with E-state index in [4.69, 9.17) is 14.7 Å². The fourth-order valence-corrected chi connectivity index (χ4v) is 4.87. The molecule has 218 valence electrons. The number of ether oxygens (including phenoxy) is 1. The van der Waals surface area contributed by atoms with Gasteiger partial charge in [0.25, 0.3) is 5.69 Å². The number of nitrogens with one attached hydrogen (secondary N) is 1. The molecule has 1 saturated heterocycles. The van der Waals surface area contributed by atoms with E-state index in [0.717, 1.165) is 11.1 Å². The lowest BCUT2D eigenvalue weighted by atomic mass is 10.1. The molecule has 1 aliphatic heterocycles. The Morgan fingerprint density at radius 3 is 2.33 bits per heavy atom. The molecule has 3 heterocycles. The molecular formula is C31H30N8O4. The number of hydrogen-bond acceptors (Lipinski definition) is 9. The minimum absolute atomic E-state index is 0.0400. The Labute approximate surface area is 247 Å². The van der Waals surface area contributed by atoms with E-state index in [1.54, 1.807) is 35.5 Å². The predicted octanol–water partition coefficient (Wildman–Crippen LogP) is 5.02. The number of benzene rings is 3. The lowest BCUT2D eigenvalue weighted by Gasteiger charge is -2.34. The van der Waals surface area contributed by atoms with E-state index >= 15 is 0 Å². The van der Waals surface area contributed by atoms with Gasteiger partial charge in [0, 0.05) is 44.9 Å². The Bertz CT molecular complexity index is 1730. The average Bonchev–Trinajstić information content (AvgIpc) is 3.44. The fourth-order valence-electron chi connectivity index (χ4n) is 4.87. The average molecular weight is 579 g/mol. The molecule has 12 nitrogen and oxygen atoms in total. The number of amides is 1. The topological polar surface area (TPSA) is 132 Å². The number of carbonyl (C=O) groups excluding carboxylic acids is 1. The molecule has 1 fully saturated rings. The largest absolute Gasteiger partial charge is 0.415 e. The molecule has 0 aliphatic carbocycles. The number of non-ortho nitro benzene ring substituents is 1. The van der Waals surface area contributed by atoms with Crippen LogP contribution in [0.1, 0.15) is 16.7 Å². The van der Waals surface area contributed by atoms with Crippen molar-refractivity contribution in [3.05, 3.63) is 112 Å². The first-order chi connectivity index (χ1) is 20.9. The summed E-state index contributed by atoms with van der Waals surface area (Å²) >= 11 is 0.